The highest BCUT2D eigenvalue weighted by molar-refractivity contribution is 9.10. The smallest absolute Gasteiger partial charge is 0.234 e. The lowest BCUT2D eigenvalue weighted by atomic mass is 10.2. The van der Waals surface area contributed by atoms with E-state index < -0.39 is 0 Å². The Morgan fingerprint density at radius 1 is 1.45 bits per heavy atom. The number of anilines is 1. The largest absolute Gasteiger partial charge is 0.325 e. The van der Waals surface area contributed by atoms with Gasteiger partial charge in [-0.3, -0.25) is 4.79 Å². The molecule has 1 heterocycles. The van der Waals surface area contributed by atoms with Crippen LogP contribution < -0.4 is 5.32 Å². The summed E-state index contributed by atoms with van der Waals surface area (Å²) >= 11 is 4.83. The fourth-order valence-corrected chi connectivity index (χ4v) is 3.43. The van der Waals surface area contributed by atoms with E-state index in [1.807, 2.05) is 36.7 Å². The molecule has 1 amide bonds. The minimum atomic E-state index is -0.0357. The molecule has 3 rings (SSSR count). The zero-order chi connectivity index (χ0) is 15.7. The van der Waals surface area contributed by atoms with Crippen LogP contribution in [0, 0.1) is 6.92 Å². The van der Waals surface area contributed by atoms with Gasteiger partial charge >= 0.3 is 0 Å². The summed E-state index contributed by atoms with van der Waals surface area (Å²) in [5.74, 6) is 1.88. The zero-order valence-electron chi connectivity index (χ0n) is 12.5. The Kier molecular flexibility index (Phi) is 4.54. The third kappa shape index (κ3) is 3.52. The molecule has 116 valence electrons. The first-order valence-corrected chi connectivity index (χ1v) is 8.90. The van der Waals surface area contributed by atoms with Crippen molar-refractivity contribution in [1.29, 1.82) is 0 Å². The van der Waals surface area contributed by atoms with E-state index in [4.69, 9.17) is 0 Å². The van der Waals surface area contributed by atoms with Crippen molar-refractivity contribution in [3.8, 4) is 0 Å². The van der Waals surface area contributed by atoms with E-state index in [9.17, 15) is 4.79 Å². The third-order valence-electron chi connectivity index (χ3n) is 3.61. The molecule has 0 spiro atoms. The van der Waals surface area contributed by atoms with Gasteiger partial charge in [-0.1, -0.05) is 27.7 Å². The molecule has 2 aromatic rings. The van der Waals surface area contributed by atoms with Crippen molar-refractivity contribution >= 4 is 39.3 Å². The van der Waals surface area contributed by atoms with Crippen LogP contribution >= 0.6 is 27.7 Å². The van der Waals surface area contributed by atoms with E-state index in [0.717, 1.165) is 26.7 Å². The highest BCUT2D eigenvalue weighted by atomic mass is 79.9. The lowest BCUT2D eigenvalue weighted by molar-refractivity contribution is -0.113. The third-order valence-corrected chi connectivity index (χ3v) is 5.12. The summed E-state index contributed by atoms with van der Waals surface area (Å²) in [6, 6.07) is 5.79. The predicted molar refractivity (Wildman–Crippen MR) is 91.2 cm³/mol. The summed E-state index contributed by atoms with van der Waals surface area (Å²) in [5.41, 5.74) is 1.87. The standard InChI is InChI=1S/C15H17BrN4OS/c1-9-7-11(16)5-6-12(9)17-13(21)8-22-15-19-18-14(20(15)2)10-3-4-10/h5-7,10H,3-4,8H2,1-2H3,(H,17,21). The second kappa shape index (κ2) is 6.42. The lowest BCUT2D eigenvalue weighted by Gasteiger charge is -2.08. The lowest BCUT2D eigenvalue weighted by Crippen LogP contribution is -2.15. The molecule has 1 aliphatic carbocycles. The molecule has 0 bridgehead atoms. The van der Waals surface area contributed by atoms with Crippen molar-refractivity contribution < 1.29 is 4.79 Å². The molecule has 0 saturated heterocycles. The van der Waals surface area contributed by atoms with Gasteiger partial charge in [-0.25, -0.2) is 0 Å². The van der Waals surface area contributed by atoms with Gasteiger partial charge in [-0.05, 0) is 43.5 Å². The summed E-state index contributed by atoms with van der Waals surface area (Å²) in [6.07, 6.45) is 2.39. The number of thioether (sulfide) groups is 1. The molecule has 5 nitrogen and oxygen atoms in total. The van der Waals surface area contributed by atoms with Gasteiger partial charge in [-0.15, -0.1) is 10.2 Å². The summed E-state index contributed by atoms with van der Waals surface area (Å²) in [7, 11) is 1.97. The highest BCUT2D eigenvalue weighted by Crippen LogP contribution is 2.39. The Labute approximate surface area is 142 Å². The van der Waals surface area contributed by atoms with Crippen LogP contribution in [0.3, 0.4) is 0 Å². The van der Waals surface area contributed by atoms with Crippen molar-refractivity contribution in [3.63, 3.8) is 0 Å². The van der Waals surface area contributed by atoms with Gasteiger partial charge in [0.25, 0.3) is 0 Å². The van der Waals surface area contributed by atoms with Gasteiger partial charge in [0, 0.05) is 23.1 Å². The van der Waals surface area contributed by atoms with Crippen molar-refractivity contribution in [2.75, 3.05) is 11.1 Å². The van der Waals surface area contributed by atoms with Crippen LogP contribution in [0.4, 0.5) is 5.69 Å². The molecule has 1 aromatic heterocycles. The van der Waals surface area contributed by atoms with E-state index in [2.05, 4.69) is 31.4 Å². The van der Waals surface area contributed by atoms with Crippen molar-refractivity contribution in [1.82, 2.24) is 14.8 Å². The maximum absolute atomic E-state index is 12.1. The fourth-order valence-electron chi connectivity index (χ4n) is 2.23. The molecular weight excluding hydrogens is 364 g/mol. The SMILES string of the molecule is Cc1cc(Br)ccc1NC(=O)CSc1nnc(C2CC2)n1C. The fraction of sp³-hybridized carbons (Fsp3) is 0.400. The minimum Gasteiger partial charge on any atom is -0.325 e. The van der Waals surface area contributed by atoms with Gasteiger partial charge in [0.1, 0.15) is 5.82 Å². The number of nitrogens with zero attached hydrogens (tertiary/aromatic N) is 3. The van der Waals surface area contributed by atoms with Gasteiger partial charge < -0.3 is 9.88 Å². The van der Waals surface area contributed by atoms with Crippen molar-refractivity contribution in [3.05, 3.63) is 34.1 Å². The minimum absolute atomic E-state index is 0.0357. The van der Waals surface area contributed by atoms with E-state index in [0.29, 0.717) is 11.7 Å². The van der Waals surface area contributed by atoms with E-state index in [1.54, 1.807) is 0 Å². The first-order valence-electron chi connectivity index (χ1n) is 7.12. The summed E-state index contributed by atoms with van der Waals surface area (Å²) in [4.78, 5) is 12.1. The number of hydrogen-bond donors (Lipinski definition) is 1. The Bertz CT molecular complexity index is 712. The number of halogens is 1. The normalized spacial score (nSPS) is 14.1. The first kappa shape index (κ1) is 15.6. The number of benzene rings is 1. The van der Waals surface area contributed by atoms with Crippen LogP contribution in [-0.2, 0) is 11.8 Å². The number of rotatable bonds is 5. The van der Waals surface area contributed by atoms with Crippen LogP contribution in [0.1, 0.15) is 30.1 Å². The Balaban J connectivity index is 1.58. The maximum Gasteiger partial charge on any atom is 0.234 e. The molecule has 22 heavy (non-hydrogen) atoms. The van der Waals surface area contributed by atoms with Crippen LogP contribution in [0.25, 0.3) is 0 Å². The Hall–Kier alpha value is -1.34. The average molecular weight is 381 g/mol. The summed E-state index contributed by atoms with van der Waals surface area (Å²) < 4.78 is 3.00. The van der Waals surface area contributed by atoms with Crippen LogP contribution in [-0.4, -0.2) is 26.4 Å². The number of nitrogens with one attached hydrogen (secondary N) is 1. The molecule has 1 fully saturated rings. The molecule has 1 aliphatic rings. The van der Waals surface area contributed by atoms with Crippen LogP contribution in [0.2, 0.25) is 0 Å². The summed E-state index contributed by atoms with van der Waals surface area (Å²) in [5, 5.41) is 12.1. The van der Waals surface area contributed by atoms with Gasteiger partial charge in [0.05, 0.1) is 5.75 Å². The van der Waals surface area contributed by atoms with Gasteiger partial charge in [-0.2, -0.15) is 0 Å². The van der Waals surface area contributed by atoms with Crippen LogP contribution in [0.15, 0.2) is 27.8 Å². The number of hydrogen-bond acceptors (Lipinski definition) is 4. The molecule has 1 aromatic carbocycles. The average Bonchev–Trinajstić information content (AvgIpc) is 3.24. The van der Waals surface area contributed by atoms with E-state index in [-0.39, 0.29) is 5.91 Å². The molecule has 0 unspecified atom stereocenters. The quantitative estimate of drug-likeness (QED) is 0.806. The molecule has 1 N–H and O–H groups in total. The number of carbonyl (C=O) groups is 1. The highest BCUT2D eigenvalue weighted by Gasteiger charge is 2.29. The zero-order valence-corrected chi connectivity index (χ0v) is 14.9. The number of amides is 1. The Morgan fingerprint density at radius 2 is 2.23 bits per heavy atom. The number of aromatic nitrogens is 3. The molecule has 1 saturated carbocycles. The Morgan fingerprint density at radius 3 is 2.91 bits per heavy atom. The molecule has 0 radical (unpaired) electrons. The van der Waals surface area contributed by atoms with Gasteiger partial charge in [0.2, 0.25) is 5.91 Å². The molecular formula is C15H17BrN4OS. The topological polar surface area (TPSA) is 59.8 Å². The second-order valence-electron chi connectivity index (χ2n) is 5.47. The number of aryl methyl sites for hydroxylation is 1. The molecule has 7 heteroatoms. The van der Waals surface area contributed by atoms with Crippen molar-refractivity contribution in [2.24, 2.45) is 7.05 Å². The molecule has 0 atom stereocenters. The number of carbonyl (C=O) groups excluding carboxylic acids is 1. The van der Waals surface area contributed by atoms with E-state index >= 15 is 0 Å². The predicted octanol–water partition coefficient (Wildman–Crippen LogP) is 3.49. The monoisotopic (exact) mass is 380 g/mol. The van der Waals surface area contributed by atoms with Crippen molar-refractivity contribution in [2.45, 2.75) is 30.8 Å². The second-order valence-corrected chi connectivity index (χ2v) is 7.33. The van der Waals surface area contributed by atoms with Crippen LogP contribution in [0.5, 0.6) is 0 Å². The summed E-state index contributed by atoms with van der Waals surface area (Å²) in [6.45, 7) is 1.97. The van der Waals surface area contributed by atoms with E-state index in [1.165, 1.54) is 24.6 Å². The first-order chi connectivity index (χ1) is 10.5. The van der Waals surface area contributed by atoms with Gasteiger partial charge in [0.15, 0.2) is 5.16 Å². The maximum atomic E-state index is 12.1. The molecule has 0 aliphatic heterocycles.